The average molecular weight is 327 g/mol. The lowest BCUT2D eigenvalue weighted by molar-refractivity contribution is -0.904. The molecule has 2 atom stereocenters. The highest BCUT2D eigenvalue weighted by Crippen LogP contribution is 2.27. The van der Waals surface area contributed by atoms with Crippen LogP contribution in [0.2, 0.25) is 5.02 Å². The molecule has 120 valence electrons. The van der Waals surface area contributed by atoms with Crippen LogP contribution >= 0.6 is 11.6 Å². The number of halogens is 1. The maximum atomic E-state index is 12.2. The van der Waals surface area contributed by atoms with Gasteiger partial charge in [-0.3, -0.25) is 14.9 Å². The molecular formula is C15H21ClN3O3+. The van der Waals surface area contributed by atoms with E-state index in [1.807, 2.05) is 0 Å². The molecule has 1 saturated heterocycles. The van der Waals surface area contributed by atoms with Crippen LogP contribution in [0.1, 0.15) is 20.3 Å². The maximum Gasteiger partial charge on any atom is 0.292 e. The van der Waals surface area contributed by atoms with Crippen molar-refractivity contribution in [2.75, 3.05) is 25.0 Å². The van der Waals surface area contributed by atoms with E-state index in [4.69, 9.17) is 11.6 Å². The van der Waals surface area contributed by atoms with Crippen molar-refractivity contribution >= 4 is 28.9 Å². The minimum atomic E-state index is -0.524. The van der Waals surface area contributed by atoms with Crippen LogP contribution in [0.5, 0.6) is 0 Å². The molecule has 0 aliphatic carbocycles. The fourth-order valence-electron chi connectivity index (χ4n) is 3.26. The molecule has 1 aromatic rings. The van der Waals surface area contributed by atoms with Crippen molar-refractivity contribution in [2.24, 2.45) is 11.8 Å². The molecule has 0 bridgehead atoms. The summed E-state index contributed by atoms with van der Waals surface area (Å²) in [7, 11) is 0. The van der Waals surface area contributed by atoms with Gasteiger partial charge in [-0.05, 0) is 18.6 Å². The molecule has 1 heterocycles. The Morgan fingerprint density at radius 1 is 1.41 bits per heavy atom. The Labute approximate surface area is 134 Å². The standard InChI is InChI=1S/C15H20ClN3O3/c1-10-5-11(2)8-18(7-10)9-15(20)17-13-6-12(16)3-4-14(13)19(21)22/h3-4,6,10-11H,5,7-9H2,1-2H3,(H,17,20)/p+1/t10-,11-/m0/s1. The van der Waals surface area contributed by atoms with Gasteiger partial charge in [0.2, 0.25) is 0 Å². The van der Waals surface area contributed by atoms with Crippen LogP contribution < -0.4 is 10.2 Å². The molecule has 0 unspecified atom stereocenters. The number of nitrogens with zero attached hydrogens (tertiary/aromatic N) is 1. The van der Waals surface area contributed by atoms with E-state index in [0.717, 1.165) is 13.1 Å². The molecule has 0 radical (unpaired) electrons. The molecule has 1 fully saturated rings. The summed E-state index contributed by atoms with van der Waals surface area (Å²) in [6.45, 7) is 6.61. The van der Waals surface area contributed by atoms with Gasteiger partial charge in [-0.1, -0.05) is 25.4 Å². The second kappa shape index (κ2) is 7.07. The summed E-state index contributed by atoms with van der Waals surface area (Å²) in [6, 6.07) is 4.15. The predicted molar refractivity (Wildman–Crippen MR) is 85.2 cm³/mol. The Bertz CT molecular complexity index is 569. The molecule has 2 N–H and O–H groups in total. The molecule has 7 heteroatoms. The zero-order valence-electron chi connectivity index (χ0n) is 12.8. The van der Waals surface area contributed by atoms with E-state index in [-0.39, 0.29) is 17.3 Å². The van der Waals surface area contributed by atoms with Gasteiger partial charge < -0.3 is 10.2 Å². The molecule has 6 nitrogen and oxygen atoms in total. The van der Waals surface area contributed by atoms with Crippen LogP contribution in [0, 0.1) is 22.0 Å². The van der Waals surface area contributed by atoms with Crippen molar-refractivity contribution in [3.05, 3.63) is 33.3 Å². The van der Waals surface area contributed by atoms with Crippen molar-refractivity contribution in [1.82, 2.24) is 0 Å². The molecular weight excluding hydrogens is 306 g/mol. The van der Waals surface area contributed by atoms with E-state index in [1.54, 1.807) is 0 Å². The summed E-state index contributed by atoms with van der Waals surface area (Å²) < 4.78 is 0. The fourth-order valence-corrected chi connectivity index (χ4v) is 3.43. The van der Waals surface area contributed by atoms with Crippen molar-refractivity contribution in [2.45, 2.75) is 20.3 Å². The van der Waals surface area contributed by atoms with E-state index >= 15 is 0 Å². The number of piperidine rings is 1. The van der Waals surface area contributed by atoms with E-state index in [0.29, 0.717) is 23.4 Å². The third-order valence-electron chi connectivity index (χ3n) is 3.92. The molecule has 0 saturated carbocycles. The SMILES string of the molecule is C[C@H]1C[C@H](C)C[NH+](CC(=O)Nc2cc(Cl)ccc2[N+](=O)[O-])C1. The Hall–Kier alpha value is -1.66. The molecule has 0 aromatic heterocycles. The summed E-state index contributed by atoms with van der Waals surface area (Å²) in [5, 5.41) is 14.0. The highest BCUT2D eigenvalue weighted by molar-refractivity contribution is 6.31. The molecule has 1 aliphatic heterocycles. The van der Waals surface area contributed by atoms with Crippen molar-refractivity contribution < 1.29 is 14.6 Å². The van der Waals surface area contributed by atoms with Gasteiger partial charge in [0.15, 0.2) is 6.54 Å². The third kappa shape index (κ3) is 4.42. The van der Waals surface area contributed by atoms with E-state index in [9.17, 15) is 14.9 Å². The Morgan fingerprint density at radius 2 is 2.05 bits per heavy atom. The maximum absolute atomic E-state index is 12.2. The molecule has 0 spiro atoms. The Kier molecular flexibility index (Phi) is 5.37. The highest BCUT2D eigenvalue weighted by atomic mass is 35.5. The lowest BCUT2D eigenvalue weighted by Crippen LogP contribution is -3.15. The zero-order chi connectivity index (χ0) is 16.3. The second-order valence-electron chi connectivity index (χ2n) is 6.25. The molecule has 1 aromatic carbocycles. The summed E-state index contributed by atoms with van der Waals surface area (Å²) in [6.07, 6.45) is 1.19. The van der Waals surface area contributed by atoms with Crippen molar-refractivity contribution in [3.63, 3.8) is 0 Å². The molecule has 1 aliphatic rings. The second-order valence-corrected chi connectivity index (χ2v) is 6.68. The number of benzene rings is 1. The molecule has 2 rings (SSSR count). The van der Waals surface area contributed by atoms with Gasteiger partial charge >= 0.3 is 0 Å². The third-order valence-corrected chi connectivity index (χ3v) is 4.15. The van der Waals surface area contributed by atoms with Crippen molar-refractivity contribution in [1.29, 1.82) is 0 Å². The van der Waals surface area contributed by atoms with Gasteiger partial charge in [0.25, 0.3) is 11.6 Å². The number of amides is 1. The van der Waals surface area contributed by atoms with Gasteiger partial charge in [0.05, 0.1) is 18.0 Å². The van der Waals surface area contributed by atoms with Gasteiger partial charge in [0, 0.05) is 22.9 Å². The Balaban J connectivity index is 2.03. The summed E-state index contributed by atoms with van der Waals surface area (Å²) >= 11 is 5.86. The lowest BCUT2D eigenvalue weighted by atomic mass is 9.92. The first-order chi connectivity index (χ1) is 10.3. The van der Waals surface area contributed by atoms with Gasteiger partial charge in [-0.25, -0.2) is 0 Å². The van der Waals surface area contributed by atoms with Crippen molar-refractivity contribution in [3.8, 4) is 0 Å². The van der Waals surface area contributed by atoms with Gasteiger partial charge in [0.1, 0.15) is 5.69 Å². The number of likely N-dealkylation sites (tertiary alicyclic amines) is 1. The quantitative estimate of drug-likeness (QED) is 0.653. The monoisotopic (exact) mass is 326 g/mol. The number of anilines is 1. The number of nitro groups is 1. The van der Waals surface area contributed by atoms with Crippen LogP contribution in [-0.2, 0) is 4.79 Å². The first-order valence-electron chi connectivity index (χ1n) is 7.42. The normalized spacial score (nSPS) is 24.8. The van der Waals surface area contributed by atoms with Crippen LogP contribution in [0.25, 0.3) is 0 Å². The summed E-state index contributed by atoms with van der Waals surface area (Å²) in [4.78, 5) is 23.9. The minimum Gasteiger partial charge on any atom is -0.327 e. The van der Waals surface area contributed by atoms with Crippen LogP contribution in [0.15, 0.2) is 18.2 Å². The number of rotatable bonds is 4. The van der Waals surface area contributed by atoms with E-state index in [2.05, 4.69) is 19.2 Å². The first kappa shape index (κ1) is 16.7. The average Bonchev–Trinajstić information content (AvgIpc) is 2.36. The van der Waals surface area contributed by atoms with Gasteiger partial charge in [-0.2, -0.15) is 0 Å². The minimum absolute atomic E-state index is 0.145. The highest BCUT2D eigenvalue weighted by Gasteiger charge is 2.27. The predicted octanol–water partition coefficient (Wildman–Crippen LogP) is 1.75. The molecule has 1 amide bonds. The summed E-state index contributed by atoms with van der Waals surface area (Å²) in [5.41, 5.74) is 0.00753. The van der Waals surface area contributed by atoms with Crippen LogP contribution in [0.3, 0.4) is 0 Å². The number of quaternary nitrogens is 1. The fraction of sp³-hybridized carbons (Fsp3) is 0.533. The number of nitro benzene ring substituents is 1. The number of nitrogens with one attached hydrogen (secondary N) is 2. The largest absolute Gasteiger partial charge is 0.327 e. The Morgan fingerprint density at radius 3 is 2.64 bits per heavy atom. The van der Waals surface area contributed by atoms with E-state index in [1.165, 1.54) is 29.5 Å². The van der Waals surface area contributed by atoms with Crippen LogP contribution in [-0.4, -0.2) is 30.5 Å². The molecule has 22 heavy (non-hydrogen) atoms. The van der Waals surface area contributed by atoms with Crippen LogP contribution in [0.4, 0.5) is 11.4 Å². The number of hydrogen-bond donors (Lipinski definition) is 2. The number of carbonyl (C=O) groups is 1. The number of carbonyl (C=O) groups excluding carboxylic acids is 1. The van der Waals surface area contributed by atoms with E-state index < -0.39 is 4.92 Å². The lowest BCUT2D eigenvalue weighted by Gasteiger charge is -2.31. The topological polar surface area (TPSA) is 76.7 Å². The zero-order valence-corrected chi connectivity index (χ0v) is 13.5. The number of hydrogen-bond acceptors (Lipinski definition) is 3. The smallest absolute Gasteiger partial charge is 0.292 e. The first-order valence-corrected chi connectivity index (χ1v) is 7.80. The van der Waals surface area contributed by atoms with Gasteiger partial charge in [-0.15, -0.1) is 0 Å². The summed E-state index contributed by atoms with van der Waals surface area (Å²) in [5.74, 6) is 0.959.